The highest BCUT2D eigenvalue weighted by Crippen LogP contribution is 2.52. The van der Waals surface area contributed by atoms with Crippen molar-refractivity contribution in [1.29, 1.82) is 0 Å². The molecule has 0 heterocycles. The molecule has 0 radical (unpaired) electrons. The Hall–Kier alpha value is -1.11. The van der Waals surface area contributed by atoms with E-state index in [-0.39, 0.29) is 5.41 Å². The summed E-state index contributed by atoms with van der Waals surface area (Å²) >= 11 is 0. The third-order valence-corrected chi connectivity index (χ3v) is 4.25. The monoisotopic (exact) mass is 216 g/mol. The highest BCUT2D eigenvalue weighted by Gasteiger charge is 2.47. The summed E-state index contributed by atoms with van der Waals surface area (Å²) < 4.78 is 0. The van der Waals surface area contributed by atoms with Crippen LogP contribution < -0.4 is 0 Å². The number of ketones is 1. The van der Waals surface area contributed by atoms with E-state index in [0.717, 1.165) is 12.8 Å². The summed E-state index contributed by atoms with van der Waals surface area (Å²) in [6.45, 7) is 4.20. The van der Waals surface area contributed by atoms with Crippen molar-refractivity contribution in [3.8, 4) is 0 Å². The smallest absolute Gasteiger partial charge is 0.139 e. The summed E-state index contributed by atoms with van der Waals surface area (Å²) in [6.07, 6.45) is 4.05. The maximum atomic E-state index is 12.1. The van der Waals surface area contributed by atoms with Gasteiger partial charge in [0.05, 0.1) is 0 Å². The first-order valence-electron chi connectivity index (χ1n) is 6.29. The first kappa shape index (κ1) is 11.4. The van der Waals surface area contributed by atoms with Crippen LogP contribution >= 0.6 is 0 Å². The molecular formula is C15H20O. The summed E-state index contributed by atoms with van der Waals surface area (Å²) in [4.78, 5) is 12.1. The number of carbonyl (C=O) groups excluding carboxylic acids is 1. The Labute approximate surface area is 97.9 Å². The van der Waals surface area contributed by atoms with Crippen LogP contribution in [0.1, 0.15) is 51.0 Å². The second kappa shape index (κ2) is 4.40. The second-order valence-electron chi connectivity index (χ2n) is 4.92. The molecule has 86 valence electrons. The second-order valence-corrected chi connectivity index (χ2v) is 4.92. The molecule has 1 aliphatic carbocycles. The van der Waals surface area contributed by atoms with Gasteiger partial charge in [-0.2, -0.15) is 0 Å². The van der Waals surface area contributed by atoms with Gasteiger partial charge in [-0.15, -0.1) is 0 Å². The molecule has 1 unspecified atom stereocenters. The molecule has 0 saturated heterocycles. The molecule has 1 atom stereocenters. The fraction of sp³-hybridized carbons (Fsp3) is 0.533. The number of Topliss-reactive ketones (excluding diaryl/α,β-unsaturated/α-hetero) is 1. The Morgan fingerprint density at radius 1 is 1.31 bits per heavy atom. The van der Waals surface area contributed by atoms with Gasteiger partial charge in [-0.05, 0) is 24.3 Å². The van der Waals surface area contributed by atoms with Crippen LogP contribution in [-0.2, 0) is 4.79 Å². The number of hydrogen-bond acceptors (Lipinski definition) is 1. The van der Waals surface area contributed by atoms with E-state index in [1.54, 1.807) is 0 Å². The van der Waals surface area contributed by atoms with Crippen molar-refractivity contribution >= 4 is 5.78 Å². The predicted octanol–water partition coefficient (Wildman–Crippen LogP) is 3.94. The minimum Gasteiger partial charge on any atom is -0.299 e. The highest BCUT2D eigenvalue weighted by atomic mass is 16.1. The first-order valence-corrected chi connectivity index (χ1v) is 6.29. The van der Waals surface area contributed by atoms with Crippen molar-refractivity contribution < 1.29 is 4.79 Å². The minimum absolute atomic E-state index is 0.0455. The van der Waals surface area contributed by atoms with Crippen LogP contribution in [0.2, 0.25) is 0 Å². The lowest BCUT2D eigenvalue weighted by Gasteiger charge is -2.45. The number of carbonyl (C=O) groups is 1. The molecule has 0 N–H and O–H groups in total. The highest BCUT2D eigenvalue weighted by molar-refractivity contribution is 5.86. The molecule has 0 amide bonds. The fourth-order valence-corrected chi connectivity index (χ4v) is 2.92. The van der Waals surface area contributed by atoms with Crippen molar-refractivity contribution in [1.82, 2.24) is 0 Å². The molecular weight excluding hydrogens is 196 g/mol. The summed E-state index contributed by atoms with van der Waals surface area (Å²) in [5.74, 6) is 0.824. The SMILES string of the molecule is CCC(=O)C1(C(C)c2ccccc2)CCC1. The number of rotatable bonds is 4. The molecule has 1 heteroatoms. The lowest BCUT2D eigenvalue weighted by Crippen LogP contribution is -2.42. The zero-order valence-electron chi connectivity index (χ0n) is 10.2. The van der Waals surface area contributed by atoms with Gasteiger partial charge in [-0.1, -0.05) is 50.6 Å². The average Bonchev–Trinajstić information content (AvgIpc) is 2.28. The van der Waals surface area contributed by atoms with Gasteiger partial charge in [-0.3, -0.25) is 4.79 Å². The molecule has 1 fully saturated rings. The van der Waals surface area contributed by atoms with E-state index >= 15 is 0 Å². The van der Waals surface area contributed by atoms with Crippen LogP contribution in [0, 0.1) is 5.41 Å². The van der Waals surface area contributed by atoms with Crippen LogP contribution in [0.3, 0.4) is 0 Å². The van der Waals surface area contributed by atoms with E-state index in [2.05, 4.69) is 31.2 Å². The quantitative estimate of drug-likeness (QED) is 0.745. The maximum absolute atomic E-state index is 12.1. The van der Waals surface area contributed by atoms with Crippen molar-refractivity contribution in [3.63, 3.8) is 0 Å². The van der Waals surface area contributed by atoms with Gasteiger partial charge in [0.25, 0.3) is 0 Å². The molecule has 1 aliphatic rings. The standard InChI is InChI=1S/C15H20O/c1-3-14(16)15(10-7-11-15)12(2)13-8-5-4-6-9-13/h4-6,8-9,12H,3,7,10-11H2,1-2H3. The van der Waals surface area contributed by atoms with Gasteiger partial charge >= 0.3 is 0 Å². The van der Waals surface area contributed by atoms with Crippen molar-refractivity contribution in [2.24, 2.45) is 5.41 Å². The predicted molar refractivity (Wildman–Crippen MR) is 66.4 cm³/mol. The molecule has 0 aliphatic heterocycles. The molecule has 2 rings (SSSR count). The van der Waals surface area contributed by atoms with E-state index in [9.17, 15) is 4.79 Å². The van der Waals surface area contributed by atoms with Gasteiger partial charge in [0, 0.05) is 11.8 Å². The number of benzene rings is 1. The van der Waals surface area contributed by atoms with Gasteiger partial charge in [-0.25, -0.2) is 0 Å². The normalized spacial score (nSPS) is 19.9. The number of hydrogen-bond donors (Lipinski definition) is 0. The Morgan fingerprint density at radius 3 is 2.38 bits per heavy atom. The van der Waals surface area contributed by atoms with E-state index in [4.69, 9.17) is 0 Å². The zero-order valence-corrected chi connectivity index (χ0v) is 10.2. The topological polar surface area (TPSA) is 17.1 Å². The van der Waals surface area contributed by atoms with Crippen LogP contribution in [0.15, 0.2) is 30.3 Å². The molecule has 1 nitrogen and oxygen atoms in total. The summed E-state index contributed by atoms with van der Waals surface area (Å²) in [7, 11) is 0. The van der Waals surface area contributed by atoms with Gasteiger partial charge in [0.1, 0.15) is 5.78 Å². The Bertz CT molecular complexity index is 362. The molecule has 1 aromatic rings. The van der Waals surface area contributed by atoms with E-state index in [1.807, 2.05) is 13.0 Å². The van der Waals surface area contributed by atoms with Gasteiger partial charge in [0.15, 0.2) is 0 Å². The van der Waals surface area contributed by atoms with Crippen LogP contribution in [0.4, 0.5) is 0 Å². The van der Waals surface area contributed by atoms with E-state index < -0.39 is 0 Å². The molecule has 0 aromatic heterocycles. The molecule has 16 heavy (non-hydrogen) atoms. The summed E-state index contributed by atoms with van der Waals surface area (Å²) in [6, 6.07) is 10.5. The summed E-state index contributed by atoms with van der Waals surface area (Å²) in [5, 5.41) is 0. The first-order chi connectivity index (χ1) is 7.70. The van der Waals surface area contributed by atoms with Crippen molar-refractivity contribution in [3.05, 3.63) is 35.9 Å². The van der Waals surface area contributed by atoms with Gasteiger partial charge in [0.2, 0.25) is 0 Å². The van der Waals surface area contributed by atoms with Gasteiger partial charge < -0.3 is 0 Å². The zero-order chi connectivity index (χ0) is 11.6. The largest absolute Gasteiger partial charge is 0.299 e. The molecule has 0 bridgehead atoms. The Balaban J connectivity index is 2.26. The Morgan fingerprint density at radius 2 is 1.94 bits per heavy atom. The third kappa shape index (κ3) is 1.68. The van der Waals surface area contributed by atoms with Crippen LogP contribution in [0.25, 0.3) is 0 Å². The summed E-state index contributed by atoms with van der Waals surface area (Å²) in [5.41, 5.74) is 1.26. The molecule has 1 aromatic carbocycles. The lowest BCUT2D eigenvalue weighted by atomic mass is 9.57. The van der Waals surface area contributed by atoms with E-state index in [1.165, 1.54) is 12.0 Å². The Kier molecular flexibility index (Phi) is 3.13. The molecule has 1 saturated carbocycles. The lowest BCUT2D eigenvalue weighted by molar-refractivity contribution is -0.135. The fourth-order valence-electron chi connectivity index (χ4n) is 2.92. The van der Waals surface area contributed by atoms with Crippen LogP contribution in [0.5, 0.6) is 0 Å². The average molecular weight is 216 g/mol. The van der Waals surface area contributed by atoms with Crippen LogP contribution in [-0.4, -0.2) is 5.78 Å². The van der Waals surface area contributed by atoms with Crippen molar-refractivity contribution in [2.45, 2.75) is 45.4 Å². The van der Waals surface area contributed by atoms with Crippen molar-refractivity contribution in [2.75, 3.05) is 0 Å². The minimum atomic E-state index is -0.0455. The maximum Gasteiger partial charge on any atom is 0.139 e. The third-order valence-electron chi connectivity index (χ3n) is 4.25. The van der Waals surface area contributed by atoms with E-state index in [0.29, 0.717) is 18.1 Å². The molecule has 0 spiro atoms.